The highest BCUT2D eigenvalue weighted by Gasteiger charge is 2.59. The zero-order valence-electron chi connectivity index (χ0n) is 12.6. The van der Waals surface area contributed by atoms with Gasteiger partial charge in [-0.15, -0.1) is 0 Å². The Kier molecular flexibility index (Phi) is 4.10. The number of aliphatic hydroxyl groups is 1. The van der Waals surface area contributed by atoms with Crippen molar-refractivity contribution in [3.8, 4) is 0 Å². The van der Waals surface area contributed by atoms with Gasteiger partial charge in [-0.25, -0.2) is 9.59 Å². The molecule has 2 N–H and O–H groups in total. The topological polar surface area (TPSA) is 97.3 Å². The van der Waals surface area contributed by atoms with Crippen LogP contribution in [0.2, 0.25) is 0 Å². The summed E-state index contributed by atoms with van der Waals surface area (Å²) >= 11 is 0. The number of hydrogen-bond acceptors (Lipinski definition) is 6. The number of benzene rings is 1. The zero-order valence-corrected chi connectivity index (χ0v) is 12.6. The quantitative estimate of drug-likeness (QED) is 0.839. The van der Waals surface area contributed by atoms with Crippen LogP contribution >= 0.6 is 0 Å². The highest BCUT2D eigenvalue weighted by molar-refractivity contribution is 5.71. The minimum Gasteiger partial charge on any atom is -0.445 e. The van der Waals surface area contributed by atoms with Gasteiger partial charge in [0, 0.05) is 7.05 Å². The van der Waals surface area contributed by atoms with Gasteiger partial charge in [0.1, 0.15) is 19.3 Å². The minimum absolute atomic E-state index is 0.0581. The maximum Gasteiger partial charge on any atom is 0.412 e. The van der Waals surface area contributed by atoms with E-state index in [1.54, 1.807) is 0 Å². The molecule has 2 fully saturated rings. The van der Waals surface area contributed by atoms with Crippen molar-refractivity contribution in [3.63, 3.8) is 0 Å². The van der Waals surface area contributed by atoms with Crippen molar-refractivity contribution in [2.75, 3.05) is 20.3 Å². The Morgan fingerprint density at radius 2 is 2.22 bits per heavy atom. The van der Waals surface area contributed by atoms with Crippen LogP contribution in [0.5, 0.6) is 0 Å². The molecule has 2 heterocycles. The van der Waals surface area contributed by atoms with E-state index in [2.05, 4.69) is 5.32 Å². The van der Waals surface area contributed by atoms with E-state index in [0.29, 0.717) is 0 Å². The largest absolute Gasteiger partial charge is 0.445 e. The molecule has 8 heteroatoms. The summed E-state index contributed by atoms with van der Waals surface area (Å²) in [5.41, 5.74) is -0.397. The van der Waals surface area contributed by atoms with Crippen LogP contribution in [0.3, 0.4) is 0 Å². The Bertz CT molecular complexity index is 595. The predicted molar refractivity (Wildman–Crippen MR) is 77.4 cm³/mol. The fraction of sp³-hybridized carbons (Fsp3) is 0.467. The number of rotatable bonds is 3. The third-order valence-electron chi connectivity index (χ3n) is 4.12. The van der Waals surface area contributed by atoms with Crippen molar-refractivity contribution >= 4 is 12.2 Å². The lowest BCUT2D eigenvalue weighted by atomic mass is 10.0. The van der Waals surface area contributed by atoms with Gasteiger partial charge in [0.15, 0.2) is 0 Å². The van der Waals surface area contributed by atoms with Gasteiger partial charge in [-0.05, 0) is 5.56 Å². The molecule has 2 amide bonds. The van der Waals surface area contributed by atoms with Crippen molar-refractivity contribution in [3.05, 3.63) is 35.9 Å². The van der Waals surface area contributed by atoms with E-state index in [-0.39, 0.29) is 19.8 Å². The summed E-state index contributed by atoms with van der Waals surface area (Å²) < 4.78 is 15.5. The van der Waals surface area contributed by atoms with E-state index < -0.39 is 30.1 Å². The molecule has 124 valence electrons. The van der Waals surface area contributed by atoms with E-state index in [4.69, 9.17) is 14.2 Å². The number of amides is 2. The number of aliphatic hydroxyl groups excluding tert-OH is 1. The fourth-order valence-electron chi connectivity index (χ4n) is 2.70. The van der Waals surface area contributed by atoms with Crippen molar-refractivity contribution in [1.82, 2.24) is 10.2 Å². The summed E-state index contributed by atoms with van der Waals surface area (Å²) in [6.45, 7) is 0.103. The third-order valence-corrected chi connectivity index (χ3v) is 4.12. The molecule has 2 aliphatic heterocycles. The van der Waals surface area contributed by atoms with Gasteiger partial charge < -0.3 is 24.6 Å². The molecule has 3 atom stereocenters. The summed E-state index contributed by atoms with van der Waals surface area (Å²) in [4.78, 5) is 24.5. The molecular formula is C15H18N2O6. The van der Waals surface area contributed by atoms with Gasteiger partial charge >= 0.3 is 12.2 Å². The number of nitrogens with one attached hydrogen (secondary N) is 1. The standard InChI is InChI=1S/C15H18N2O6/c1-17-14(20)22-9-15(17)12(18)11(8-23-15)16-13(19)21-7-10-5-3-2-4-6-10/h2-6,11-12,18H,7-9H2,1H3,(H,16,19)/t11-,12+,15+/m0/s1. The first kappa shape index (κ1) is 15.6. The van der Waals surface area contributed by atoms with Crippen LogP contribution in [0.1, 0.15) is 5.56 Å². The molecular weight excluding hydrogens is 304 g/mol. The van der Waals surface area contributed by atoms with Crippen LogP contribution in [0, 0.1) is 0 Å². The second-order valence-corrected chi connectivity index (χ2v) is 5.53. The summed E-state index contributed by atoms with van der Waals surface area (Å²) in [6, 6.07) is 8.56. The van der Waals surface area contributed by atoms with Crippen LogP contribution in [-0.2, 0) is 20.8 Å². The van der Waals surface area contributed by atoms with Crippen LogP contribution in [0.15, 0.2) is 30.3 Å². The summed E-state index contributed by atoms with van der Waals surface area (Å²) in [5.74, 6) is 0. The Morgan fingerprint density at radius 1 is 1.48 bits per heavy atom. The highest BCUT2D eigenvalue weighted by atomic mass is 16.6. The van der Waals surface area contributed by atoms with Crippen molar-refractivity contribution < 1.29 is 28.9 Å². The summed E-state index contributed by atoms with van der Waals surface area (Å²) in [6.07, 6.45) is -2.34. The van der Waals surface area contributed by atoms with Crippen molar-refractivity contribution in [1.29, 1.82) is 0 Å². The number of carbonyl (C=O) groups is 2. The number of cyclic esters (lactones) is 1. The van der Waals surface area contributed by atoms with Crippen LogP contribution in [0.4, 0.5) is 9.59 Å². The maximum atomic E-state index is 11.9. The second-order valence-electron chi connectivity index (χ2n) is 5.53. The Labute approximate surface area is 132 Å². The molecule has 1 spiro atoms. The Hall–Kier alpha value is -2.32. The van der Waals surface area contributed by atoms with Gasteiger partial charge in [-0.2, -0.15) is 0 Å². The molecule has 2 saturated heterocycles. The van der Waals surface area contributed by atoms with E-state index >= 15 is 0 Å². The molecule has 8 nitrogen and oxygen atoms in total. The van der Waals surface area contributed by atoms with E-state index in [1.807, 2.05) is 30.3 Å². The lowest BCUT2D eigenvalue weighted by molar-refractivity contribution is -0.124. The molecule has 0 aromatic heterocycles. The predicted octanol–water partition coefficient (Wildman–Crippen LogP) is 0.451. The first-order chi connectivity index (χ1) is 11.0. The van der Waals surface area contributed by atoms with Gasteiger partial charge in [0.2, 0.25) is 5.72 Å². The van der Waals surface area contributed by atoms with Gasteiger partial charge in [0.05, 0.1) is 12.6 Å². The van der Waals surface area contributed by atoms with Crippen LogP contribution < -0.4 is 5.32 Å². The lowest BCUT2D eigenvalue weighted by Gasteiger charge is -2.31. The molecule has 3 rings (SSSR count). The third kappa shape index (κ3) is 2.82. The molecule has 0 bridgehead atoms. The zero-order chi connectivity index (χ0) is 16.4. The normalized spacial score (nSPS) is 29.7. The first-order valence-electron chi connectivity index (χ1n) is 7.23. The molecule has 0 unspecified atom stereocenters. The molecule has 2 aliphatic rings. The number of ether oxygens (including phenoxy) is 3. The molecule has 0 saturated carbocycles. The fourth-order valence-corrected chi connectivity index (χ4v) is 2.70. The van der Waals surface area contributed by atoms with Gasteiger partial charge in [0.25, 0.3) is 0 Å². The smallest absolute Gasteiger partial charge is 0.412 e. The number of alkyl carbamates (subject to hydrolysis) is 1. The molecule has 1 aromatic rings. The molecule has 0 radical (unpaired) electrons. The average molecular weight is 322 g/mol. The first-order valence-corrected chi connectivity index (χ1v) is 7.23. The van der Waals surface area contributed by atoms with Crippen molar-refractivity contribution in [2.24, 2.45) is 0 Å². The lowest BCUT2D eigenvalue weighted by Crippen LogP contribution is -2.56. The minimum atomic E-state index is -1.26. The average Bonchev–Trinajstić information content (AvgIpc) is 3.03. The molecule has 1 aromatic carbocycles. The Morgan fingerprint density at radius 3 is 2.87 bits per heavy atom. The molecule has 23 heavy (non-hydrogen) atoms. The SMILES string of the molecule is CN1C(=O)OC[C@]12OC[C@H](NC(=O)OCc1ccccc1)[C@H]2O. The number of likely N-dealkylation sites (N-methyl/N-ethyl adjacent to an activating group) is 1. The maximum absolute atomic E-state index is 11.9. The highest BCUT2D eigenvalue weighted by Crippen LogP contribution is 2.34. The number of nitrogens with zero attached hydrogens (tertiary/aromatic N) is 1. The second kappa shape index (κ2) is 6.05. The van der Waals surface area contributed by atoms with Crippen molar-refractivity contribution in [2.45, 2.75) is 24.5 Å². The van der Waals surface area contributed by atoms with E-state index in [1.165, 1.54) is 11.9 Å². The monoisotopic (exact) mass is 322 g/mol. The summed E-state index contributed by atoms with van der Waals surface area (Å²) in [7, 11) is 1.48. The summed E-state index contributed by atoms with van der Waals surface area (Å²) in [5, 5.41) is 12.9. The number of carbonyl (C=O) groups excluding carboxylic acids is 2. The van der Waals surface area contributed by atoms with Gasteiger partial charge in [-0.1, -0.05) is 30.3 Å². The molecule has 0 aliphatic carbocycles. The van der Waals surface area contributed by atoms with Crippen LogP contribution in [0.25, 0.3) is 0 Å². The van der Waals surface area contributed by atoms with Gasteiger partial charge in [-0.3, -0.25) is 4.90 Å². The van der Waals surface area contributed by atoms with E-state index in [0.717, 1.165) is 5.56 Å². The van der Waals surface area contributed by atoms with E-state index in [9.17, 15) is 14.7 Å². The van der Waals surface area contributed by atoms with Crippen LogP contribution in [-0.4, -0.2) is 60.3 Å². The Balaban J connectivity index is 1.55. The number of hydrogen-bond donors (Lipinski definition) is 2.